The molecule has 39 heavy (non-hydrogen) atoms. The SMILES string of the molecule is CC(=O)NCCN=CNCNc1ccc(C(=O)Oc2ccc3cc(C(=N)N)ccc3c2CC(N)=O)cc1.Cl.Cl. The zero-order valence-electron chi connectivity index (χ0n) is 21.2. The van der Waals surface area contributed by atoms with Gasteiger partial charge in [0.05, 0.1) is 31.5 Å². The number of ether oxygens (including phenoxy) is 1. The molecule has 0 fully saturated rings. The van der Waals surface area contributed by atoms with Crippen molar-refractivity contribution in [3.05, 3.63) is 71.3 Å². The number of nitrogens with two attached hydrogens (primary N) is 2. The number of nitrogens with one attached hydrogen (secondary N) is 4. The van der Waals surface area contributed by atoms with Gasteiger partial charge in [-0.25, -0.2) is 4.79 Å². The topological polar surface area (TPSA) is 185 Å². The Bertz CT molecular complexity index is 1350. The molecule has 0 atom stereocenters. The number of rotatable bonds is 12. The van der Waals surface area contributed by atoms with E-state index in [0.29, 0.717) is 41.8 Å². The third-order valence-electron chi connectivity index (χ3n) is 5.27. The maximum absolute atomic E-state index is 12.8. The fourth-order valence-electron chi connectivity index (χ4n) is 3.50. The number of esters is 1. The highest BCUT2D eigenvalue weighted by atomic mass is 35.5. The van der Waals surface area contributed by atoms with Crippen LogP contribution >= 0.6 is 24.8 Å². The van der Waals surface area contributed by atoms with E-state index in [1.165, 1.54) is 6.92 Å². The molecule has 0 spiro atoms. The highest BCUT2D eigenvalue weighted by Gasteiger charge is 2.16. The van der Waals surface area contributed by atoms with Gasteiger partial charge in [-0.2, -0.15) is 0 Å². The maximum atomic E-state index is 12.8. The number of anilines is 1. The Balaban J connectivity index is 0.00000380. The van der Waals surface area contributed by atoms with E-state index >= 15 is 0 Å². The molecule has 0 aliphatic heterocycles. The number of nitrogen functional groups attached to an aromatic ring is 1. The summed E-state index contributed by atoms with van der Waals surface area (Å²) in [6.07, 6.45) is 1.43. The Hall–Kier alpha value is -4.35. The van der Waals surface area contributed by atoms with Gasteiger partial charge in [0, 0.05) is 30.3 Å². The van der Waals surface area contributed by atoms with Gasteiger partial charge < -0.3 is 32.2 Å². The van der Waals surface area contributed by atoms with Gasteiger partial charge in [-0.15, -0.1) is 24.8 Å². The van der Waals surface area contributed by atoms with Crippen LogP contribution in [-0.4, -0.2) is 49.7 Å². The smallest absolute Gasteiger partial charge is 0.343 e. The lowest BCUT2D eigenvalue weighted by Gasteiger charge is -2.13. The van der Waals surface area contributed by atoms with E-state index in [1.807, 2.05) is 0 Å². The largest absolute Gasteiger partial charge is 0.423 e. The molecule has 8 N–H and O–H groups in total. The van der Waals surface area contributed by atoms with Gasteiger partial charge in [0.1, 0.15) is 11.6 Å². The number of amides is 2. The Morgan fingerprint density at radius 3 is 2.33 bits per heavy atom. The quantitative estimate of drug-likeness (QED) is 0.0477. The summed E-state index contributed by atoms with van der Waals surface area (Å²) in [6, 6.07) is 15.2. The Morgan fingerprint density at radius 2 is 1.69 bits per heavy atom. The predicted octanol–water partition coefficient (Wildman–Crippen LogP) is 2.34. The van der Waals surface area contributed by atoms with Gasteiger partial charge in [-0.1, -0.05) is 18.2 Å². The summed E-state index contributed by atoms with van der Waals surface area (Å²) < 4.78 is 5.63. The van der Waals surface area contributed by atoms with Crippen molar-refractivity contribution in [2.45, 2.75) is 13.3 Å². The fourth-order valence-corrected chi connectivity index (χ4v) is 3.50. The van der Waals surface area contributed by atoms with Crippen molar-refractivity contribution >= 4 is 71.2 Å². The maximum Gasteiger partial charge on any atom is 0.343 e. The molecule has 0 saturated carbocycles. The third kappa shape index (κ3) is 9.80. The van der Waals surface area contributed by atoms with Crippen molar-refractivity contribution in [1.82, 2.24) is 10.6 Å². The molecular weight excluding hydrogens is 545 g/mol. The number of primary amides is 1. The van der Waals surface area contributed by atoms with Crippen LogP contribution < -0.4 is 32.2 Å². The third-order valence-corrected chi connectivity index (χ3v) is 5.27. The molecule has 0 unspecified atom stereocenters. The Kier molecular flexibility index (Phi) is 13.2. The highest BCUT2D eigenvalue weighted by Crippen LogP contribution is 2.30. The molecule has 0 radical (unpaired) electrons. The Morgan fingerprint density at radius 1 is 1.00 bits per heavy atom. The second kappa shape index (κ2) is 15.8. The monoisotopic (exact) mass is 575 g/mol. The van der Waals surface area contributed by atoms with Gasteiger partial charge in [-0.05, 0) is 47.2 Å². The summed E-state index contributed by atoms with van der Waals surface area (Å²) in [7, 11) is 0. The molecule has 0 bridgehead atoms. The first-order valence-electron chi connectivity index (χ1n) is 11.4. The lowest BCUT2D eigenvalue weighted by molar-refractivity contribution is -0.119. The van der Waals surface area contributed by atoms with Crippen LogP contribution in [0.15, 0.2) is 59.6 Å². The van der Waals surface area contributed by atoms with Crippen LogP contribution in [0.4, 0.5) is 5.69 Å². The van der Waals surface area contributed by atoms with Crippen LogP contribution in [0.3, 0.4) is 0 Å². The number of hydrogen-bond acceptors (Lipinski definition) is 7. The molecule has 208 valence electrons. The number of halogens is 2. The minimum absolute atomic E-state index is 0. The van der Waals surface area contributed by atoms with E-state index in [2.05, 4.69) is 20.9 Å². The lowest BCUT2D eigenvalue weighted by atomic mass is 9.98. The van der Waals surface area contributed by atoms with E-state index in [4.69, 9.17) is 21.6 Å². The summed E-state index contributed by atoms with van der Waals surface area (Å²) in [6.45, 7) is 2.81. The van der Waals surface area contributed by atoms with E-state index in [1.54, 1.807) is 60.9 Å². The summed E-state index contributed by atoms with van der Waals surface area (Å²) in [4.78, 5) is 39.4. The minimum Gasteiger partial charge on any atom is -0.423 e. The molecule has 11 nitrogen and oxygen atoms in total. The van der Waals surface area contributed by atoms with E-state index in [-0.39, 0.29) is 48.7 Å². The number of amidine groups is 1. The molecule has 2 amide bonds. The summed E-state index contributed by atoms with van der Waals surface area (Å²) >= 11 is 0. The number of carbonyl (C=O) groups excluding carboxylic acids is 3. The highest BCUT2D eigenvalue weighted by molar-refractivity contribution is 6.01. The normalized spacial score (nSPS) is 10.2. The summed E-state index contributed by atoms with van der Waals surface area (Å²) in [5.41, 5.74) is 13.1. The number of carbonyl (C=O) groups is 3. The molecule has 0 saturated heterocycles. The number of benzene rings is 3. The van der Waals surface area contributed by atoms with E-state index in [0.717, 1.165) is 11.1 Å². The number of hydrogen-bond donors (Lipinski definition) is 6. The molecule has 3 aromatic rings. The molecule has 0 aliphatic rings. The van der Waals surface area contributed by atoms with E-state index < -0.39 is 11.9 Å². The van der Waals surface area contributed by atoms with Crippen molar-refractivity contribution < 1.29 is 19.1 Å². The zero-order chi connectivity index (χ0) is 26.8. The van der Waals surface area contributed by atoms with E-state index in [9.17, 15) is 14.4 Å². The number of fused-ring (bicyclic) bond motifs is 1. The fraction of sp³-hybridized carbons (Fsp3) is 0.192. The van der Waals surface area contributed by atoms with Crippen LogP contribution in [0.2, 0.25) is 0 Å². The van der Waals surface area contributed by atoms with Crippen LogP contribution in [0.25, 0.3) is 10.8 Å². The lowest BCUT2D eigenvalue weighted by Crippen LogP contribution is -2.24. The van der Waals surface area contributed by atoms with Crippen LogP contribution in [-0.2, 0) is 16.0 Å². The molecule has 3 aromatic carbocycles. The number of nitrogens with zero attached hydrogens (tertiary/aromatic N) is 1. The predicted molar refractivity (Wildman–Crippen MR) is 157 cm³/mol. The van der Waals surface area contributed by atoms with Gasteiger partial charge in [-0.3, -0.25) is 20.0 Å². The van der Waals surface area contributed by atoms with Crippen LogP contribution in [0.5, 0.6) is 5.75 Å². The molecule has 0 aliphatic carbocycles. The van der Waals surface area contributed by atoms with Crippen molar-refractivity contribution in [1.29, 1.82) is 5.41 Å². The van der Waals surface area contributed by atoms with Gasteiger partial charge in [0.2, 0.25) is 11.8 Å². The van der Waals surface area contributed by atoms with Crippen molar-refractivity contribution in [2.24, 2.45) is 16.5 Å². The molecule has 3 rings (SSSR count). The molecule has 0 aromatic heterocycles. The minimum atomic E-state index is -0.582. The zero-order valence-corrected chi connectivity index (χ0v) is 22.8. The van der Waals surface area contributed by atoms with Gasteiger partial charge in [0.25, 0.3) is 0 Å². The van der Waals surface area contributed by atoms with Crippen LogP contribution in [0.1, 0.15) is 28.4 Å². The molecule has 13 heteroatoms. The first-order valence-corrected chi connectivity index (χ1v) is 11.4. The van der Waals surface area contributed by atoms with Gasteiger partial charge >= 0.3 is 5.97 Å². The second-order valence-electron chi connectivity index (χ2n) is 8.08. The number of aliphatic imine (C=N–C) groups is 1. The van der Waals surface area contributed by atoms with Crippen molar-refractivity contribution in [3.63, 3.8) is 0 Å². The molecule has 0 heterocycles. The van der Waals surface area contributed by atoms with Gasteiger partial charge in [0.15, 0.2) is 0 Å². The summed E-state index contributed by atoms with van der Waals surface area (Å²) in [5, 5.41) is 17.8. The van der Waals surface area contributed by atoms with Crippen molar-refractivity contribution in [2.75, 3.05) is 25.1 Å². The summed E-state index contributed by atoms with van der Waals surface area (Å²) in [5.74, 6) is -1.08. The van der Waals surface area contributed by atoms with Crippen LogP contribution in [0, 0.1) is 5.41 Å². The average Bonchev–Trinajstić information content (AvgIpc) is 2.86. The Labute approximate surface area is 238 Å². The molecular formula is C26H31Cl2N7O4. The standard InChI is InChI=1S/C26H29N7O4.2ClH/c1-16(34)32-11-10-30-14-31-15-33-20-6-2-17(3-7-20)26(36)37-23-9-5-18-12-19(25(28)29)4-8-21(18)22(23)13-24(27)35;;/h2-9,12,14,33H,10-11,13,15H2,1H3,(H2,27,35)(H3,28,29)(H,30,31)(H,32,34);2*1H. The second-order valence-corrected chi connectivity index (χ2v) is 8.08. The average molecular weight is 576 g/mol. The first-order chi connectivity index (χ1) is 17.7. The first kappa shape index (κ1) is 32.7. The van der Waals surface area contributed by atoms with Crippen molar-refractivity contribution in [3.8, 4) is 5.75 Å².